The molecule has 200 valence electrons. The minimum atomic E-state index is -3.97. The van der Waals surface area contributed by atoms with E-state index in [4.69, 9.17) is 0 Å². The quantitative estimate of drug-likeness (QED) is 0.518. The zero-order valence-electron chi connectivity index (χ0n) is 21.1. The van der Waals surface area contributed by atoms with Crippen LogP contribution in [-0.4, -0.2) is 65.0 Å². The van der Waals surface area contributed by atoms with Gasteiger partial charge in [-0.05, 0) is 51.2 Å². The monoisotopic (exact) mass is 547 g/mol. The van der Waals surface area contributed by atoms with Crippen molar-refractivity contribution in [2.24, 2.45) is 5.92 Å². The van der Waals surface area contributed by atoms with Gasteiger partial charge in [-0.25, -0.2) is 18.4 Å². The van der Waals surface area contributed by atoms with Gasteiger partial charge in [0.15, 0.2) is 10.8 Å². The summed E-state index contributed by atoms with van der Waals surface area (Å²) in [6.07, 6.45) is 6.75. The molecule has 2 aromatic rings. The maximum absolute atomic E-state index is 13.4. The van der Waals surface area contributed by atoms with Gasteiger partial charge in [-0.2, -0.15) is 4.31 Å². The highest BCUT2D eigenvalue weighted by molar-refractivity contribution is 7.89. The number of aryl methyl sites for hydroxylation is 1. The molecule has 2 aliphatic rings. The van der Waals surface area contributed by atoms with Crippen molar-refractivity contribution < 1.29 is 22.8 Å². The van der Waals surface area contributed by atoms with Crippen LogP contribution in [0.25, 0.3) is 0 Å². The molecule has 1 aliphatic carbocycles. The minimum Gasteiger partial charge on any atom is -0.344 e. The standard InChI is InChI=1S/C25H33N5O5S2/c1-16-10-11-19(22(31)14-30(16)37(34,35)23-9-5-6-12-26-23)28-24(32)20(13-18-7-3-4-8-18)29-25(33)21-15-36-17(2)27-21/h5-6,9,12,15-16,18-20H,3-4,7-8,10-11,13-14H2,1-2H3,(H,28,32)(H,29,33)/t16-,19+,20+/m1/s1. The Kier molecular flexibility index (Phi) is 8.71. The zero-order chi connectivity index (χ0) is 26.6. The van der Waals surface area contributed by atoms with Crippen LogP contribution in [0.2, 0.25) is 0 Å². The molecule has 4 rings (SSSR count). The second-order valence-corrected chi connectivity index (χ2v) is 12.7. The average molecular weight is 548 g/mol. The van der Waals surface area contributed by atoms with Gasteiger partial charge in [0.25, 0.3) is 15.9 Å². The summed E-state index contributed by atoms with van der Waals surface area (Å²) in [6.45, 7) is 3.19. The normalized spacial score (nSPS) is 22.4. The van der Waals surface area contributed by atoms with Gasteiger partial charge in [0.05, 0.1) is 17.6 Å². The lowest BCUT2D eigenvalue weighted by Crippen LogP contribution is -2.53. The third kappa shape index (κ3) is 6.60. The summed E-state index contributed by atoms with van der Waals surface area (Å²) in [4.78, 5) is 47.5. The zero-order valence-corrected chi connectivity index (χ0v) is 22.7. The fourth-order valence-electron chi connectivity index (χ4n) is 5.01. The Morgan fingerprint density at radius 3 is 2.59 bits per heavy atom. The first-order valence-electron chi connectivity index (χ1n) is 12.6. The Morgan fingerprint density at radius 2 is 1.95 bits per heavy atom. The number of thiazole rings is 1. The van der Waals surface area contributed by atoms with Crippen LogP contribution in [0.15, 0.2) is 34.8 Å². The van der Waals surface area contributed by atoms with Gasteiger partial charge in [-0.15, -0.1) is 11.3 Å². The molecule has 2 amide bonds. The van der Waals surface area contributed by atoms with Gasteiger partial charge < -0.3 is 10.6 Å². The number of ketones is 1. The maximum Gasteiger partial charge on any atom is 0.271 e. The molecule has 37 heavy (non-hydrogen) atoms. The highest BCUT2D eigenvalue weighted by atomic mass is 32.2. The summed E-state index contributed by atoms with van der Waals surface area (Å²) in [5.74, 6) is -0.925. The number of nitrogens with zero attached hydrogens (tertiary/aromatic N) is 3. The molecule has 2 aromatic heterocycles. The topological polar surface area (TPSA) is 138 Å². The average Bonchev–Trinajstić information content (AvgIpc) is 3.53. The van der Waals surface area contributed by atoms with Crippen LogP contribution < -0.4 is 10.6 Å². The van der Waals surface area contributed by atoms with Crippen LogP contribution >= 0.6 is 11.3 Å². The van der Waals surface area contributed by atoms with E-state index < -0.39 is 45.7 Å². The van der Waals surface area contributed by atoms with Gasteiger partial charge >= 0.3 is 0 Å². The lowest BCUT2D eigenvalue weighted by atomic mass is 9.97. The van der Waals surface area contributed by atoms with Gasteiger partial charge in [0.2, 0.25) is 5.91 Å². The molecule has 1 saturated heterocycles. The number of pyridine rings is 1. The van der Waals surface area contributed by atoms with Crippen molar-refractivity contribution in [3.8, 4) is 0 Å². The van der Waals surface area contributed by atoms with E-state index in [-0.39, 0.29) is 17.3 Å². The Hall–Kier alpha value is -2.70. The van der Waals surface area contributed by atoms with Gasteiger partial charge in [-0.1, -0.05) is 31.7 Å². The molecule has 0 bridgehead atoms. The number of Topliss-reactive ketones (excluding diaryl/α,β-unsaturated/α-hetero) is 1. The van der Waals surface area contributed by atoms with Crippen molar-refractivity contribution in [1.29, 1.82) is 0 Å². The third-order valence-corrected chi connectivity index (χ3v) is 9.76. The second-order valence-electron chi connectivity index (χ2n) is 9.84. The summed E-state index contributed by atoms with van der Waals surface area (Å²) in [5.41, 5.74) is 0.265. The molecule has 0 radical (unpaired) electrons. The molecule has 10 nitrogen and oxygen atoms in total. The predicted octanol–water partition coefficient (Wildman–Crippen LogP) is 2.45. The molecule has 0 unspecified atom stereocenters. The van der Waals surface area contributed by atoms with Crippen LogP contribution in [0.4, 0.5) is 0 Å². The van der Waals surface area contributed by atoms with Crippen molar-refractivity contribution in [2.45, 2.75) is 81.9 Å². The Labute approximate surface area is 221 Å². The first-order valence-corrected chi connectivity index (χ1v) is 15.0. The highest BCUT2D eigenvalue weighted by Crippen LogP contribution is 2.29. The molecule has 1 saturated carbocycles. The highest BCUT2D eigenvalue weighted by Gasteiger charge is 2.38. The lowest BCUT2D eigenvalue weighted by molar-refractivity contribution is -0.129. The van der Waals surface area contributed by atoms with E-state index in [9.17, 15) is 22.8 Å². The molecule has 3 atom stereocenters. The molecule has 3 heterocycles. The summed E-state index contributed by atoms with van der Waals surface area (Å²) in [5, 5.41) is 7.94. The number of nitrogens with one attached hydrogen (secondary N) is 2. The summed E-state index contributed by atoms with van der Waals surface area (Å²) < 4.78 is 27.5. The molecule has 2 N–H and O–H groups in total. The second kappa shape index (κ2) is 11.8. The molecular formula is C25H33N5O5S2. The van der Waals surface area contributed by atoms with Gasteiger partial charge in [-0.3, -0.25) is 14.4 Å². The van der Waals surface area contributed by atoms with Crippen LogP contribution in [0.1, 0.15) is 67.4 Å². The van der Waals surface area contributed by atoms with Crippen molar-refractivity contribution in [1.82, 2.24) is 24.9 Å². The largest absolute Gasteiger partial charge is 0.344 e. The first kappa shape index (κ1) is 27.3. The van der Waals surface area contributed by atoms with E-state index in [1.165, 1.54) is 23.6 Å². The molecular weight excluding hydrogens is 514 g/mol. The van der Waals surface area contributed by atoms with Crippen molar-refractivity contribution in [3.05, 3.63) is 40.5 Å². The van der Waals surface area contributed by atoms with Crippen LogP contribution in [0.3, 0.4) is 0 Å². The molecule has 12 heteroatoms. The smallest absolute Gasteiger partial charge is 0.271 e. The van der Waals surface area contributed by atoms with E-state index in [1.54, 1.807) is 31.4 Å². The fourth-order valence-corrected chi connectivity index (χ4v) is 7.16. The van der Waals surface area contributed by atoms with Gasteiger partial charge in [0, 0.05) is 17.6 Å². The SMILES string of the molecule is Cc1nc(C(=O)N[C@@H](CC2CCCC2)C(=O)N[C@H]2CC[C@@H](C)N(S(=O)(=O)c3ccccn3)CC2=O)cs1. The van der Waals surface area contributed by atoms with E-state index in [0.717, 1.165) is 35.0 Å². The number of sulfonamides is 1. The summed E-state index contributed by atoms with van der Waals surface area (Å²) >= 11 is 1.36. The van der Waals surface area contributed by atoms with Crippen molar-refractivity contribution >= 4 is 39.0 Å². The predicted molar refractivity (Wildman–Crippen MR) is 138 cm³/mol. The molecule has 0 aromatic carbocycles. The maximum atomic E-state index is 13.4. The van der Waals surface area contributed by atoms with Crippen molar-refractivity contribution in [3.63, 3.8) is 0 Å². The number of carbonyl (C=O) groups excluding carboxylic acids is 3. The summed E-state index contributed by atoms with van der Waals surface area (Å²) in [6, 6.07) is 2.51. The molecule has 2 fully saturated rings. The number of aromatic nitrogens is 2. The molecule has 1 aliphatic heterocycles. The third-order valence-electron chi connectivity index (χ3n) is 7.11. The number of rotatable bonds is 8. The fraction of sp³-hybridized carbons (Fsp3) is 0.560. The lowest BCUT2D eigenvalue weighted by Gasteiger charge is -2.25. The van der Waals surface area contributed by atoms with Crippen LogP contribution in [-0.2, 0) is 19.6 Å². The van der Waals surface area contributed by atoms with E-state index in [0.29, 0.717) is 25.2 Å². The first-order chi connectivity index (χ1) is 17.6. The Balaban J connectivity index is 1.46. The number of amides is 2. The van der Waals surface area contributed by atoms with E-state index >= 15 is 0 Å². The number of hydrogen-bond donors (Lipinski definition) is 2. The van der Waals surface area contributed by atoms with Gasteiger partial charge in [0.1, 0.15) is 11.7 Å². The number of carbonyl (C=O) groups is 3. The van der Waals surface area contributed by atoms with Crippen LogP contribution in [0, 0.1) is 12.8 Å². The Morgan fingerprint density at radius 1 is 1.19 bits per heavy atom. The number of hydrogen-bond acceptors (Lipinski definition) is 8. The van der Waals surface area contributed by atoms with E-state index in [2.05, 4.69) is 20.6 Å². The molecule has 0 spiro atoms. The summed E-state index contributed by atoms with van der Waals surface area (Å²) in [7, 11) is -3.97. The van der Waals surface area contributed by atoms with E-state index in [1.807, 2.05) is 0 Å². The van der Waals surface area contributed by atoms with Crippen molar-refractivity contribution in [2.75, 3.05) is 6.54 Å². The minimum absolute atomic E-state index is 0.117. The Bertz CT molecular complexity index is 1230. The van der Waals surface area contributed by atoms with Crippen LogP contribution in [0.5, 0.6) is 0 Å².